The number of ether oxygens (including phenoxy) is 1. The standard InChI is InChI=1S/C26H28N2O3S/c1-27-25(30)26(17-20-8-3-4-11-22(20)23-12-6-15-32-23)13-7-14-28(18-26)24(29)19-9-5-10-21(16-19)31-2/h3-6,8-12,15-16H,7,13-14,17-18H2,1-2H3,(H,27,30)/t26-/m1/s1. The molecule has 32 heavy (non-hydrogen) atoms. The van der Waals surface area contributed by atoms with E-state index < -0.39 is 5.41 Å². The highest BCUT2D eigenvalue weighted by Crippen LogP contribution is 2.38. The quantitative estimate of drug-likeness (QED) is 0.598. The summed E-state index contributed by atoms with van der Waals surface area (Å²) in [5, 5.41) is 4.94. The van der Waals surface area contributed by atoms with E-state index in [0.717, 1.165) is 24.0 Å². The first-order valence-corrected chi connectivity index (χ1v) is 11.7. The largest absolute Gasteiger partial charge is 0.497 e. The highest BCUT2D eigenvalue weighted by molar-refractivity contribution is 7.13. The van der Waals surface area contributed by atoms with E-state index in [9.17, 15) is 9.59 Å². The van der Waals surface area contributed by atoms with Crippen molar-refractivity contribution in [3.63, 3.8) is 0 Å². The fourth-order valence-corrected chi connectivity index (χ4v) is 5.42. The zero-order valence-corrected chi connectivity index (χ0v) is 19.3. The van der Waals surface area contributed by atoms with Crippen LogP contribution < -0.4 is 10.1 Å². The third-order valence-electron chi connectivity index (χ3n) is 6.22. The smallest absolute Gasteiger partial charge is 0.254 e. The summed E-state index contributed by atoms with van der Waals surface area (Å²) in [5.74, 6) is 0.570. The molecule has 0 bridgehead atoms. The number of nitrogens with zero attached hydrogens (tertiary/aromatic N) is 1. The lowest BCUT2D eigenvalue weighted by atomic mass is 9.73. The van der Waals surface area contributed by atoms with E-state index in [1.165, 1.54) is 4.88 Å². The summed E-state index contributed by atoms with van der Waals surface area (Å²) < 4.78 is 5.28. The fourth-order valence-electron chi connectivity index (χ4n) is 4.63. The van der Waals surface area contributed by atoms with Crippen molar-refractivity contribution in [1.82, 2.24) is 10.2 Å². The zero-order valence-electron chi connectivity index (χ0n) is 18.5. The number of methoxy groups -OCH3 is 1. The van der Waals surface area contributed by atoms with Crippen LogP contribution in [-0.4, -0.2) is 44.0 Å². The molecule has 1 N–H and O–H groups in total. The maximum Gasteiger partial charge on any atom is 0.254 e. The predicted molar refractivity (Wildman–Crippen MR) is 128 cm³/mol. The number of amides is 2. The first kappa shape index (κ1) is 22.1. The number of piperidine rings is 1. The van der Waals surface area contributed by atoms with Gasteiger partial charge in [-0.1, -0.05) is 36.4 Å². The summed E-state index contributed by atoms with van der Waals surface area (Å²) in [5.41, 5.74) is 2.20. The van der Waals surface area contributed by atoms with Gasteiger partial charge in [-0.15, -0.1) is 11.3 Å². The van der Waals surface area contributed by atoms with Crippen molar-refractivity contribution in [2.75, 3.05) is 27.2 Å². The molecule has 1 saturated heterocycles. The molecule has 1 aliphatic heterocycles. The molecule has 2 heterocycles. The number of likely N-dealkylation sites (tertiary alicyclic amines) is 1. The highest BCUT2D eigenvalue weighted by atomic mass is 32.1. The SMILES string of the molecule is CNC(=O)[C@@]1(Cc2ccccc2-c2cccs2)CCCN(C(=O)c2cccc(OC)c2)C1. The van der Waals surface area contributed by atoms with Crippen LogP contribution >= 0.6 is 11.3 Å². The number of carbonyl (C=O) groups is 2. The Balaban J connectivity index is 1.65. The average Bonchev–Trinajstić information content (AvgIpc) is 3.38. The molecule has 3 aromatic rings. The van der Waals surface area contributed by atoms with Crippen molar-refractivity contribution in [3.05, 3.63) is 77.2 Å². The Morgan fingerprint density at radius 3 is 2.72 bits per heavy atom. The molecule has 0 saturated carbocycles. The summed E-state index contributed by atoms with van der Waals surface area (Å²) in [4.78, 5) is 29.6. The molecule has 0 aliphatic carbocycles. The normalized spacial score (nSPS) is 18.2. The second-order valence-corrected chi connectivity index (χ2v) is 9.18. The van der Waals surface area contributed by atoms with Gasteiger partial charge in [0.1, 0.15) is 5.75 Å². The van der Waals surface area contributed by atoms with E-state index in [1.54, 1.807) is 37.6 Å². The third-order valence-corrected chi connectivity index (χ3v) is 7.13. The molecule has 2 amide bonds. The van der Waals surface area contributed by atoms with Crippen molar-refractivity contribution < 1.29 is 14.3 Å². The Hall–Kier alpha value is -3.12. The molecule has 1 aliphatic rings. The summed E-state index contributed by atoms with van der Waals surface area (Å²) >= 11 is 1.69. The second kappa shape index (κ2) is 9.57. The van der Waals surface area contributed by atoms with Crippen LogP contribution in [0.1, 0.15) is 28.8 Å². The molecule has 166 valence electrons. The fraction of sp³-hybridized carbons (Fsp3) is 0.308. The van der Waals surface area contributed by atoms with Crippen LogP contribution in [0.25, 0.3) is 10.4 Å². The minimum absolute atomic E-state index is 0.0124. The van der Waals surface area contributed by atoms with Gasteiger partial charge >= 0.3 is 0 Å². The van der Waals surface area contributed by atoms with E-state index in [4.69, 9.17) is 4.74 Å². The van der Waals surface area contributed by atoms with Gasteiger partial charge in [0.2, 0.25) is 5.91 Å². The zero-order chi connectivity index (χ0) is 22.6. The lowest BCUT2D eigenvalue weighted by molar-refractivity contribution is -0.133. The molecule has 0 spiro atoms. The number of nitrogens with one attached hydrogen (secondary N) is 1. The molecular weight excluding hydrogens is 420 g/mol. The van der Waals surface area contributed by atoms with Gasteiger partial charge < -0.3 is 15.0 Å². The van der Waals surface area contributed by atoms with Crippen LogP contribution in [0.3, 0.4) is 0 Å². The Kier molecular flexibility index (Phi) is 6.61. The van der Waals surface area contributed by atoms with E-state index in [2.05, 4.69) is 28.9 Å². The molecule has 1 fully saturated rings. The van der Waals surface area contributed by atoms with E-state index >= 15 is 0 Å². The van der Waals surface area contributed by atoms with Crippen molar-refractivity contribution >= 4 is 23.2 Å². The summed E-state index contributed by atoms with van der Waals surface area (Å²) in [7, 11) is 3.27. The minimum Gasteiger partial charge on any atom is -0.497 e. The Bertz CT molecular complexity index is 1100. The van der Waals surface area contributed by atoms with Gasteiger partial charge in [0, 0.05) is 30.6 Å². The Morgan fingerprint density at radius 1 is 1.12 bits per heavy atom. The molecule has 4 rings (SSSR count). The van der Waals surface area contributed by atoms with Crippen LogP contribution in [0.5, 0.6) is 5.75 Å². The van der Waals surface area contributed by atoms with Gasteiger partial charge in [-0.3, -0.25) is 9.59 Å². The van der Waals surface area contributed by atoms with E-state index in [-0.39, 0.29) is 11.8 Å². The molecule has 0 unspecified atom stereocenters. The number of hydrogen-bond donors (Lipinski definition) is 1. The minimum atomic E-state index is -0.672. The number of rotatable bonds is 6. The summed E-state index contributed by atoms with van der Waals surface area (Å²) in [6.07, 6.45) is 2.11. The number of thiophene rings is 1. The first-order valence-electron chi connectivity index (χ1n) is 10.8. The van der Waals surface area contributed by atoms with Crippen molar-refractivity contribution in [2.45, 2.75) is 19.3 Å². The number of hydrogen-bond acceptors (Lipinski definition) is 4. The molecule has 1 atom stereocenters. The van der Waals surface area contributed by atoms with Crippen molar-refractivity contribution in [2.24, 2.45) is 5.41 Å². The number of carbonyl (C=O) groups excluding carboxylic acids is 2. The van der Waals surface area contributed by atoms with Crippen LogP contribution in [-0.2, 0) is 11.2 Å². The summed E-state index contributed by atoms with van der Waals surface area (Å²) in [6.45, 7) is 1.03. The first-order chi connectivity index (χ1) is 15.6. The predicted octanol–water partition coefficient (Wildman–Crippen LogP) is 4.63. The van der Waals surface area contributed by atoms with E-state index in [1.807, 2.05) is 35.2 Å². The molecular formula is C26H28N2O3S. The van der Waals surface area contributed by atoms with Gasteiger partial charge in [0.05, 0.1) is 12.5 Å². The van der Waals surface area contributed by atoms with E-state index in [0.29, 0.717) is 30.8 Å². The average molecular weight is 449 g/mol. The molecule has 5 nitrogen and oxygen atoms in total. The Morgan fingerprint density at radius 2 is 1.97 bits per heavy atom. The van der Waals surface area contributed by atoms with Crippen LogP contribution in [0.4, 0.5) is 0 Å². The monoisotopic (exact) mass is 448 g/mol. The van der Waals surface area contributed by atoms with Gasteiger partial charge in [-0.05, 0) is 60.0 Å². The topological polar surface area (TPSA) is 58.6 Å². The third kappa shape index (κ3) is 4.41. The highest BCUT2D eigenvalue weighted by Gasteiger charge is 2.43. The molecule has 6 heteroatoms. The van der Waals surface area contributed by atoms with Crippen LogP contribution in [0.2, 0.25) is 0 Å². The second-order valence-electron chi connectivity index (χ2n) is 8.23. The summed E-state index contributed by atoms with van der Waals surface area (Å²) in [6, 6.07) is 19.6. The van der Waals surface area contributed by atoms with Crippen molar-refractivity contribution in [3.8, 4) is 16.2 Å². The maximum atomic E-state index is 13.3. The Labute approximate surface area is 193 Å². The van der Waals surface area contributed by atoms with Gasteiger partial charge in [-0.25, -0.2) is 0 Å². The molecule has 2 aromatic carbocycles. The number of benzene rings is 2. The van der Waals surface area contributed by atoms with Gasteiger partial charge in [0.25, 0.3) is 5.91 Å². The van der Waals surface area contributed by atoms with Crippen LogP contribution in [0, 0.1) is 5.41 Å². The van der Waals surface area contributed by atoms with Crippen LogP contribution in [0.15, 0.2) is 66.0 Å². The van der Waals surface area contributed by atoms with Gasteiger partial charge in [0.15, 0.2) is 0 Å². The maximum absolute atomic E-state index is 13.3. The van der Waals surface area contributed by atoms with Gasteiger partial charge in [-0.2, -0.15) is 0 Å². The lowest BCUT2D eigenvalue weighted by Crippen LogP contribution is -2.54. The molecule has 0 radical (unpaired) electrons. The van der Waals surface area contributed by atoms with Crippen molar-refractivity contribution in [1.29, 1.82) is 0 Å². The molecule has 1 aromatic heterocycles. The lowest BCUT2D eigenvalue weighted by Gasteiger charge is -2.42.